The third-order valence-electron chi connectivity index (χ3n) is 4.10. The molecule has 1 aliphatic heterocycles. The third kappa shape index (κ3) is 19.5. The van der Waals surface area contributed by atoms with Crippen molar-refractivity contribution < 1.29 is 33.3 Å². The van der Waals surface area contributed by atoms with Crippen molar-refractivity contribution in [3.63, 3.8) is 0 Å². The van der Waals surface area contributed by atoms with Crippen LogP contribution in [0.15, 0.2) is 0 Å². The SMILES string of the molecule is CC(C)(C)C1OC(C)(C)C(C)(C)O1.COC(OC)C(C)(C)C.[I][V]([I])[I].[I][V][I]. The van der Waals surface area contributed by atoms with Crippen molar-refractivity contribution in [1.82, 2.24) is 0 Å². The second kappa shape index (κ2) is 18.0. The van der Waals surface area contributed by atoms with Crippen LogP contribution >= 0.6 is 99.9 Å². The van der Waals surface area contributed by atoms with Crippen LogP contribution in [0.3, 0.4) is 0 Å². The van der Waals surface area contributed by atoms with Gasteiger partial charge in [0.25, 0.3) is 0 Å². The number of hydrogen-bond donors (Lipinski definition) is 0. The van der Waals surface area contributed by atoms with Gasteiger partial charge in [-0.15, -0.1) is 0 Å². The molecule has 1 saturated heterocycles. The van der Waals surface area contributed by atoms with Crippen LogP contribution < -0.4 is 0 Å². The monoisotopic (exact) mass is 1050 g/mol. The first-order valence-electron chi connectivity index (χ1n) is 8.84. The maximum atomic E-state index is 5.91. The summed E-state index contributed by atoms with van der Waals surface area (Å²) in [6.07, 6.45) is -0.199. The van der Waals surface area contributed by atoms with E-state index in [4.69, 9.17) is 18.9 Å². The molecule has 1 fully saturated rings. The van der Waals surface area contributed by atoms with Gasteiger partial charge >= 0.3 is 114 Å². The first-order chi connectivity index (χ1) is 12.7. The summed E-state index contributed by atoms with van der Waals surface area (Å²) < 4.78 is 21.9. The molecule has 179 valence electrons. The molecule has 0 N–H and O–H groups in total. The molecule has 0 bridgehead atoms. The van der Waals surface area contributed by atoms with Gasteiger partial charge in [0.05, 0.1) is 11.2 Å². The Morgan fingerprint density at radius 3 is 1.14 bits per heavy atom. The summed E-state index contributed by atoms with van der Waals surface area (Å²) in [4.78, 5) is -0.278. The molecule has 0 unspecified atom stereocenters. The van der Waals surface area contributed by atoms with Gasteiger partial charge in [-0.05, 0) is 27.7 Å². The molecule has 1 aliphatic rings. The molecule has 1 heterocycles. The van der Waals surface area contributed by atoms with E-state index in [1.54, 1.807) is 14.2 Å². The number of methoxy groups -OCH3 is 2. The molecule has 0 saturated carbocycles. The van der Waals surface area contributed by atoms with E-state index < -0.39 is 0 Å². The minimum atomic E-state index is -0.278. The van der Waals surface area contributed by atoms with E-state index in [-0.39, 0.29) is 39.5 Å². The molecule has 0 spiro atoms. The van der Waals surface area contributed by atoms with Crippen LogP contribution in [0.5, 0.6) is 0 Å². The van der Waals surface area contributed by atoms with E-state index in [1.165, 1.54) is 0 Å². The molecule has 29 heavy (non-hydrogen) atoms. The molecule has 11 heteroatoms. The van der Waals surface area contributed by atoms with Gasteiger partial charge in [-0.2, -0.15) is 0 Å². The van der Waals surface area contributed by atoms with Gasteiger partial charge in [0, 0.05) is 25.0 Å². The van der Waals surface area contributed by atoms with Crippen LogP contribution in [-0.4, -0.2) is 38.0 Å². The Bertz CT molecular complexity index is 391. The van der Waals surface area contributed by atoms with E-state index in [9.17, 15) is 0 Å². The first kappa shape index (κ1) is 38.2. The predicted octanol–water partition coefficient (Wildman–Crippen LogP) is 9.04. The average Bonchev–Trinajstić information content (AvgIpc) is 2.68. The van der Waals surface area contributed by atoms with Gasteiger partial charge in [0.1, 0.15) is 0 Å². The Labute approximate surface area is 246 Å². The van der Waals surface area contributed by atoms with Gasteiger partial charge in [0.15, 0.2) is 12.6 Å². The number of halogens is 5. The minimum absolute atomic E-state index is 0.0467. The van der Waals surface area contributed by atoms with E-state index in [0.717, 1.165) is 0 Å². The number of hydrogen-bond acceptors (Lipinski definition) is 4. The Hall–Kier alpha value is 4.66. The summed E-state index contributed by atoms with van der Waals surface area (Å²) in [5, 5.41) is 0. The summed E-state index contributed by atoms with van der Waals surface area (Å²) >= 11 is 12.1. The second-order valence-corrected chi connectivity index (χ2v) is 56.5. The van der Waals surface area contributed by atoms with Crippen LogP contribution in [0.1, 0.15) is 69.2 Å². The summed E-state index contributed by atoms with van der Waals surface area (Å²) in [6.45, 7) is 21.0. The Balaban J connectivity index is -0.000000366. The number of rotatable bonds is 2. The average molecular weight is 1050 g/mol. The quantitative estimate of drug-likeness (QED) is 0.205. The van der Waals surface area contributed by atoms with Gasteiger partial charge in [-0.25, -0.2) is 0 Å². The van der Waals surface area contributed by atoms with Crippen LogP contribution in [0.25, 0.3) is 0 Å². The van der Waals surface area contributed by atoms with Crippen LogP contribution in [-0.2, 0) is 33.3 Å². The van der Waals surface area contributed by atoms with Crippen molar-refractivity contribution in [2.24, 2.45) is 10.8 Å². The van der Waals surface area contributed by atoms with Crippen molar-refractivity contribution in [1.29, 1.82) is 0 Å². The van der Waals surface area contributed by atoms with Crippen molar-refractivity contribution in [3.05, 3.63) is 0 Å². The fraction of sp³-hybridized carbons (Fsp3) is 1.00. The zero-order valence-electron chi connectivity index (χ0n) is 19.6. The van der Waals surface area contributed by atoms with Crippen molar-refractivity contribution in [3.8, 4) is 0 Å². The third-order valence-corrected chi connectivity index (χ3v) is 4.10. The summed E-state index contributed by atoms with van der Waals surface area (Å²) in [6, 6.07) is 0. The van der Waals surface area contributed by atoms with E-state index in [0.29, 0.717) is 9.47 Å². The maximum absolute atomic E-state index is 5.91. The van der Waals surface area contributed by atoms with Gasteiger partial charge in [0.2, 0.25) is 0 Å². The number of ether oxygens (including phenoxy) is 4. The molecule has 0 aliphatic carbocycles. The van der Waals surface area contributed by atoms with Crippen molar-refractivity contribution in [2.45, 2.75) is 93.0 Å². The molecule has 1 rings (SSSR count). The molecule has 0 aromatic carbocycles. The van der Waals surface area contributed by atoms with Gasteiger partial charge in [-0.1, -0.05) is 41.5 Å². The fourth-order valence-electron chi connectivity index (χ4n) is 2.00. The van der Waals surface area contributed by atoms with Crippen molar-refractivity contribution >= 4 is 99.9 Å². The molecular weight excluding hydrogens is 1020 g/mol. The van der Waals surface area contributed by atoms with E-state index >= 15 is 0 Å². The zero-order valence-corrected chi connectivity index (χ0v) is 33.2. The van der Waals surface area contributed by atoms with Crippen LogP contribution in [0, 0.1) is 10.8 Å². The van der Waals surface area contributed by atoms with E-state index in [2.05, 4.69) is 169 Å². The predicted molar refractivity (Wildman–Crippen MR) is 161 cm³/mol. The molecule has 0 aromatic heterocycles. The van der Waals surface area contributed by atoms with Gasteiger partial charge < -0.3 is 18.9 Å². The summed E-state index contributed by atoms with van der Waals surface area (Å²) in [7, 11) is 3.93. The zero-order chi connectivity index (χ0) is 24.3. The molecule has 0 aromatic rings. The van der Waals surface area contributed by atoms with Crippen molar-refractivity contribution in [2.75, 3.05) is 14.2 Å². The first-order valence-corrected chi connectivity index (χ1v) is 31.4. The van der Waals surface area contributed by atoms with E-state index in [1.807, 2.05) is 0 Å². The Kier molecular flexibility index (Phi) is 23.7. The van der Waals surface area contributed by atoms with Crippen LogP contribution in [0.2, 0.25) is 0 Å². The Morgan fingerprint density at radius 2 is 1.07 bits per heavy atom. The standard InChI is InChI=1S/C11H22O2.C7H16O2.5HI.2V/c1-9(2,3)8-12-10(4,5)11(6,7)13-8;1-7(2,3)6(8-4)9-5;;;;;;;/h8H,1-7H3;6H,1-5H3;5*1H;;/q;;;;;;;+2;+3/p-5. The molecule has 0 radical (unpaired) electrons. The summed E-state index contributed by atoms with van der Waals surface area (Å²) in [5.74, 6) is 0. The summed E-state index contributed by atoms with van der Waals surface area (Å²) in [5.41, 5.74) is -0.287. The topological polar surface area (TPSA) is 36.9 Å². The molecule has 0 amide bonds. The normalized spacial score (nSPS) is 18.2. The fourth-order valence-corrected chi connectivity index (χ4v) is 2.00. The molecule has 4 nitrogen and oxygen atoms in total. The van der Waals surface area contributed by atoms with Gasteiger partial charge in [-0.3, -0.25) is 0 Å². The second-order valence-electron chi connectivity index (χ2n) is 9.38. The Morgan fingerprint density at radius 1 is 0.828 bits per heavy atom. The van der Waals surface area contributed by atoms with Crippen LogP contribution in [0.4, 0.5) is 0 Å². The molecular formula is C18H38I5O4V2. The molecule has 0 atom stereocenters.